The zero-order chi connectivity index (χ0) is 22.6. The van der Waals surface area contributed by atoms with Crippen LogP contribution in [0, 0.1) is 20.8 Å². The summed E-state index contributed by atoms with van der Waals surface area (Å²) in [5.41, 5.74) is 4.02. The lowest BCUT2D eigenvalue weighted by Gasteiger charge is -2.19. The molecule has 8 nitrogen and oxygen atoms in total. The number of sulfonamides is 1. The largest absolute Gasteiger partial charge is 0.332 e. The normalized spacial score (nSPS) is 11.4. The van der Waals surface area contributed by atoms with Gasteiger partial charge in [-0.05, 0) is 56.2 Å². The van der Waals surface area contributed by atoms with Gasteiger partial charge in [-0.15, -0.1) is 0 Å². The van der Waals surface area contributed by atoms with Crippen molar-refractivity contribution >= 4 is 27.5 Å². The molecule has 0 aliphatic carbocycles. The van der Waals surface area contributed by atoms with Crippen LogP contribution in [0.2, 0.25) is 0 Å². The SMILES string of the molecule is CON(C)S(=O)(=O)c1ccc(C(=O)N(C)CC(=O)Nc2c(C)cc(C)cc2C)cc1. The highest BCUT2D eigenvalue weighted by atomic mass is 32.2. The maximum Gasteiger partial charge on any atom is 0.264 e. The molecule has 0 aliphatic rings. The molecule has 0 radical (unpaired) electrons. The highest BCUT2D eigenvalue weighted by Crippen LogP contribution is 2.22. The van der Waals surface area contributed by atoms with Crippen molar-refractivity contribution in [2.24, 2.45) is 0 Å². The molecule has 2 aromatic carbocycles. The molecule has 0 fully saturated rings. The Morgan fingerprint density at radius 1 is 1.00 bits per heavy atom. The lowest BCUT2D eigenvalue weighted by atomic mass is 10.1. The molecule has 2 amide bonds. The van der Waals surface area contributed by atoms with Crippen molar-refractivity contribution in [2.45, 2.75) is 25.7 Å². The van der Waals surface area contributed by atoms with Gasteiger partial charge < -0.3 is 10.2 Å². The number of benzene rings is 2. The van der Waals surface area contributed by atoms with Gasteiger partial charge in [-0.3, -0.25) is 14.4 Å². The van der Waals surface area contributed by atoms with Crippen molar-refractivity contribution in [3.63, 3.8) is 0 Å². The van der Waals surface area contributed by atoms with Crippen LogP contribution < -0.4 is 5.32 Å². The van der Waals surface area contributed by atoms with Gasteiger partial charge in [0.25, 0.3) is 15.9 Å². The zero-order valence-corrected chi connectivity index (χ0v) is 18.8. The average Bonchev–Trinajstić information content (AvgIpc) is 2.69. The summed E-state index contributed by atoms with van der Waals surface area (Å²) in [7, 11) is 0.241. The van der Waals surface area contributed by atoms with Crippen molar-refractivity contribution < 1.29 is 22.8 Å². The summed E-state index contributed by atoms with van der Waals surface area (Å²) in [6.45, 7) is 5.68. The van der Waals surface area contributed by atoms with E-state index in [1.165, 1.54) is 50.4 Å². The Morgan fingerprint density at radius 3 is 2.03 bits per heavy atom. The zero-order valence-electron chi connectivity index (χ0n) is 18.0. The first-order valence-corrected chi connectivity index (χ1v) is 10.7. The molecular formula is C21H27N3O5S. The van der Waals surface area contributed by atoms with E-state index in [9.17, 15) is 18.0 Å². The summed E-state index contributed by atoms with van der Waals surface area (Å²) < 4.78 is 25.2. The van der Waals surface area contributed by atoms with Crippen molar-refractivity contribution in [2.75, 3.05) is 33.1 Å². The van der Waals surface area contributed by atoms with Crippen LogP contribution in [0.4, 0.5) is 5.69 Å². The number of carbonyl (C=O) groups excluding carboxylic acids is 2. The van der Waals surface area contributed by atoms with Gasteiger partial charge in [-0.25, -0.2) is 8.42 Å². The minimum atomic E-state index is -3.79. The first-order valence-electron chi connectivity index (χ1n) is 9.23. The lowest BCUT2D eigenvalue weighted by molar-refractivity contribution is -0.116. The van der Waals surface area contributed by atoms with Gasteiger partial charge in [0.1, 0.15) is 0 Å². The van der Waals surface area contributed by atoms with E-state index in [0.29, 0.717) is 0 Å². The molecule has 0 bridgehead atoms. The Bertz CT molecular complexity index is 1030. The van der Waals surface area contributed by atoms with Crippen LogP contribution in [-0.2, 0) is 19.7 Å². The quantitative estimate of drug-likeness (QED) is 0.677. The summed E-state index contributed by atoms with van der Waals surface area (Å²) in [5.74, 6) is -0.714. The second-order valence-corrected chi connectivity index (χ2v) is 9.04. The average molecular weight is 434 g/mol. The molecule has 0 saturated heterocycles. The minimum absolute atomic E-state index is 0.00545. The van der Waals surface area contributed by atoms with E-state index in [-0.39, 0.29) is 22.9 Å². The van der Waals surface area contributed by atoms with E-state index >= 15 is 0 Å². The fraction of sp³-hybridized carbons (Fsp3) is 0.333. The summed E-state index contributed by atoms with van der Waals surface area (Å²) in [5, 5.41) is 2.86. The molecule has 0 unspecified atom stereocenters. The van der Waals surface area contributed by atoms with E-state index in [1.54, 1.807) is 0 Å². The van der Waals surface area contributed by atoms with E-state index in [4.69, 9.17) is 4.84 Å². The third kappa shape index (κ3) is 5.24. The topological polar surface area (TPSA) is 96.0 Å². The van der Waals surface area contributed by atoms with Gasteiger partial charge >= 0.3 is 0 Å². The summed E-state index contributed by atoms with van der Waals surface area (Å²) in [6, 6.07) is 9.42. The molecule has 2 rings (SSSR count). The monoisotopic (exact) mass is 433 g/mol. The number of rotatable bonds is 7. The van der Waals surface area contributed by atoms with Gasteiger partial charge in [-0.2, -0.15) is 0 Å². The molecule has 0 aliphatic heterocycles. The van der Waals surface area contributed by atoms with Crippen molar-refractivity contribution in [3.8, 4) is 0 Å². The summed E-state index contributed by atoms with van der Waals surface area (Å²) in [6.07, 6.45) is 0. The van der Waals surface area contributed by atoms with Crippen molar-refractivity contribution in [3.05, 3.63) is 58.7 Å². The predicted molar refractivity (Wildman–Crippen MR) is 115 cm³/mol. The van der Waals surface area contributed by atoms with Crippen LogP contribution in [0.1, 0.15) is 27.0 Å². The highest BCUT2D eigenvalue weighted by Gasteiger charge is 2.22. The fourth-order valence-electron chi connectivity index (χ4n) is 3.08. The van der Waals surface area contributed by atoms with Crippen LogP contribution in [0.25, 0.3) is 0 Å². The van der Waals surface area contributed by atoms with E-state index in [0.717, 1.165) is 26.8 Å². The number of likely N-dealkylation sites (N-methyl/N-ethyl adjacent to an activating group) is 1. The van der Waals surface area contributed by atoms with E-state index in [2.05, 4.69) is 5.32 Å². The number of anilines is 1. The molecule has 0 spiro atoms. The Balaban J connectivity index is 2.08. The summed E-state index contributed by atoms with van der Waals surface area (Å²) >= 11 is 0. The smallest absolute Gasteiger partial charge is 0.264 e. The van der Waals surface area contributed by atoms with Crippen molar-refractivity contribution in [1.82, 2.24) is 9.37 Å². The van der Waals surface area contributed by atoms with Crippen LogP contribution in [0.5, 0.6) is 0 Å². The highest BCUT2D eigenvalue weighted by molar-refractivity contribution is 7.89. The molecule has 0 atom stereocenters. The molecule has 9 heteroatoms. The van der Waals surface area contributed by atoms with E-state index in [1.807, 2.05) is 32.9 Å². The van der Waals surface area contributed by atoms with E-state index < -0.39 is 15.9 Å². The standard InChI is InChI=1S/C21H27N3O5S/c1-14-11-15(2)20(16(3)12-14)22-19(25)13-23(4)21(26)17-7-9-18(10-8-17)30(27,28)24(5)29-6/h7-12H,13H2,1-6H3,(H,22,25). The molecule has 1 N–H and O–H groups in total. The Kier molecular flexibility index (Phi) is 7.35. The number of hydrogen-bond donors (Lipinski definition) is 1. The van der Waals surface area contributed by atoms with Crippen molar-refractivity contribution in [1.29, 1.82) is 0 Å². The van der Waals surface area contributed by atoms with Gasteiger partial charge in [0.05, 0.1) is 18.6 Å². The third-order valence-corrected chi connectivity index (χ3v) is 6.36. The molecule has 0 heterocycles. The number of hydroxylamine groups is 1. The number of carbonyl (C=O) groups is 2. The molecule has 30 heavy (non-hydrogen) atoms. The Hall–Kier alpha value is -2.75. The second-order valence-electron chi connectivity index (χ2n) is 7.10. The lowest BCUT2D eigenvalue weighted by Crippen LogP contribution is -2.35. The van der Waals surface area contributed by atoms with Gasteiger partial charge in [0.15, 0.2) is 0 Å². The van der Waals surface area contributed by atoms with Gasteiger partial charge in [0.2, 0.25) is 5.91 Å². The first kappa shape index (κ1) is 23.5. The third-order valence-electron chi connectivity index (χ3n) is 4.66. The summed E-state index contributed by atoms with van der Waals surface area (Å²) in [4.78, 5) is 31.1. The number of amides is 2. The molecule has 0 aromatic heterocycles. The van der Waals surface area contributed by atoms with Gasteiger partial charge in [0, 0.05) is 25.3 Å². The fourth-order valence-corrected chi connectivity index (χ4v) is 4.05. The molecular weight excluding hydrogens is 406 g/mol. The number of nitrogens with zero attached hydrogens (tertiary/aromatic N) is 2. The predicted octanol–water partition coefficient (Wildman–Crippen LogP) is 2.50. The molecule has 2 aromatic rings. The molecule has 0 saturated carbocycles. The maximum absolute atomic E-state index is 12.6. The first-order chi connectivity index (χ1) is 14.0. The maximum atomic E-state index is 12.6. The minimum Gasteiger partial charge on any atom is -0.332 e. The number of hydrogen-bond acceptors (Lipinski definition) is 5. The van der Waals surface area contributed by atoms with Crippen LogP contribution in [0.3, 0.4) is 0 Å². The number of aryl methyl sites for hydroxylation is 3. The Labute approximate surface area is 177 Å². The molecule has 162 valence electrons. The second kappa shape index (κ2) is 9.38. The number of nitrogens with one attached hydrogen (secondary N) is 1. The van der Waals surface area contributed by atoms with Crippen LogP contribution in [-0.4, -0.2) is 57.4 Å². The Morgan fingerprint density at radius 2 is 1.53 bits per heavy atom. The van der Waals surface area contributed by atoms with Gasteiger partial charge in [-0.1, -0.05) is 22.2 Å². The van der Waals surface area contributed by atoms with Crippen LogP contribution >= 0.6 is 0 Å². The van der Waals surface area contributed by atoms with Crippen LogP contribution in [0.15, 0.2) is 41.3 Å².